The molecule has 0 bridgehead atoms. The summed E-state index contributed by atoms with van der Waals surface area (Å²) in [5.41, 5.74) is 0.968. The average Bonchev–Trinajstić information content (AvgIpc) is 3.02. The Bertz CT molecular complexity index is 1150. The van der Waals surface area contributed by atoms with Gasteiger partial charge in [0.05, 0.1) is 10.4 Å². The van der Waals surface area contributed by atoms with E-state index in [-0.39, 0.29) is 15.9 Å². The molecule has 9 heteroatoms. The van der Waals surface area contributed by atoms with Gasteiger partial charge in [-0.1, -0.05) is 52.3 Å². The smallest absolute Gasteiger partial charge is 0.306 e. The Morgan fingerprint density at radius 1 is 0.966 bits per heavy atom. The Morgan fingerprint density at radius 3 is 2.07 bits per heavy atom. The van der Waals surface area contributed by atoms with Crippen LogP contribution < -0.4 is 0 Å². The van der Waals surface area contributed by atoms with Crippen LogP contribution >= 0.6 is 15.9 Å². The zero-order valence-electron chi connectivity index (χ0n) is 15.7. The van der Waals surface area contributed by atoms with E-state index in [4.69, 9.17) is 9.47 Å². The van der Waals surface area contributed by atoms with Gasteiger partial charge in [-0.05, 0) is 18.2 Å². The highest BCUT2D eigenvalue weighted by atomic mass is 79.9. The number of benzene rings is 2. The second-order valence-electron chi connectivity index (χ2n) is 6.15. The van der Waals surface area contributed by atoms with E-state index >= 15 is 0 Å². The van der Waals surface area contributed by atoms with Gasteiger partial charge in [-0.25, -0.2) is 12.4 Å². The Labute approximate surface area is 176 Å². The van der Waals surface area contributed by atoms with Crippen LogP contribution in [0.15, 0.2) is 59.5 Å². The van der Waals surface area contributed by atoms with Crippen molar-refractivity contribution in [3.8, 4) is 0 Å². The van der Waals surface area contributed by atoms with Crippen LogP contribution in [0.2, 0.25) is 0 Å². The molecule has 7 nitrogen and oxygen atoms in total. The lowest BCUT2D eigenvalue weighted by Gasteiger charge is -2.20. The molecule has 0 radical (unpaired) electrons. The first kappa shape index (κ1) is 21.1. The molecule has 29 heavy (non-hydrogen) atoms. The number of hydrogen-bond acceptors (Lipinski definition) is 6. The van der Waals surface area contributed by atoms with E-state index in [1.807, 2.05) is 0 Å². The maximum Gasteiger partial charge on any atom is 0.306 e. The third-order valence-electron chi connectivity index (χ3n) is 4.16. The highest BCUT2D eigenvalue weighted by molar-refractivity contribution is 9.08. The second-order valence-corrected chi connectivity index (χ2v) is 8.50. The first-order valence-corrected chi connectivity index (χ1v) is 11.2. The number of alkyl halides is 1. The molecule has 2 aromatic carbocycles. The highest BCUT2D eigenvalue weighted by Gasteiger charge is 2.34. The van der Waals surface area contributed by atoms with E-state index in [1.54, 1.807) is 42.5 Å². The molecule has 0 spiro atoms. The third kappa shape index (κ3) is 4.06. The molecule has 1 aromatic heterocycles. The Morgan fingerprint density at radius 2 is 1.52 bits per heavy atom. The van der Waals surface area contributed by atoms with E-state index in [9.17, 15) is 18.0 Å². The summed E-state index contributed by atoms with van der Waals surface area (Å²) in [6.45, 7) is 2.31. The lowest BCUT2D eigenvalue weighted by molar-refractivity contribution is -0.187. The topological polar surface area (TPSA) is 91.7 Å². The first-order valence-electron chi connectivity index (χ1n) is 8.60. The number of aromatic nitrogens is 1. The van der Waals surface area contributed by atoms with Gasteiger partial charge in [-0.15, -0.1) is 0 Å². The van der Waals surface area contributed by atoms with Crippen LogP contribution in [0.3, 0.4) is 0 Å². The lowest BCUT2D eigenvalue weighted by atomic mass is 10.1. The molecule has 0 N–H and O–H groups in total. The molecule has 0 atom stereocenters. The van der Waals surface area contributed by atoms with Crippen LogP contribution in [0.4, 0.5) is 0 Å². The van der Waals surface area contributed by atoms with Crippen molar-refractivity contribution in [2.75, 3.05) is 0 Å². The van der Waals surface area contributed by atoms with Crippen LogP contribution in [0.25, 0.3) is 10.9 Å². The zero-order chi connectivity index (χ0) is 21.2. The normalized spacial score (nSPS) is 11.6. The van der Waals surface area contributed by atoms with Crippen molar-refractivity contribution >= 4 is 48.8 Å². The number of fused-ring (bicyclic) bond motifs is 1. The summed E-state index contributed by atoms with van der Waals surface area (Å²) in [6.07, 6.45) is -1.52. The summed E-state index contributed by atoms with van der Waals surface area (Å²) in [7, 11) is -4.09. The molecule has 0 saturated heterocycles. The van der Waals surface area contributed by atoms with E-state index in [1.165, 1.54) is 12.1 Å². The summed E-state index contributed by atoms with van der Waals surface area (Å²) in [5, 5.41) is 0.877. The average molecular weight is 480 g/mol. The molecule has 1 heterocycles. The van der Waals surface area contributed by atoms with Crippen molar-refractivity contribution in [1.29, 1.82) is 0 Å². The van der Waals surface area contributed by atoms with Crippen molar-refractivity contribution in [3.05, 3.63) is 65.9 Å². The number of nitrogens with zero attached hydrogens (tertiary/aromatic N) is 1. The summed E-state index contributed by atoms with van der Waals surface area (Å²) < 4.78 is 38.6. The molecule has 0 unspecified atom stereocenters. The Balaban J connectivity index is 2.41. The predicted molar refractivity (Wildman–Crippen MR) is 110 cm³/mol. The maximum absolute atomic E-state index is 13.5. The highest BCUT2D eigenvalue weighted by Crippen LogP contribution is 2.37. The fourth-order valence-electron chi connectivity index (χ4n) is 3.07. The molecule has 3 aromatic rings. The fraction of sp³-hybridized carbons (Fsp3) is 0.200. The molecule has 0 aliphatic rings. The molecule has 0 aliphatic carbocycles. The molecular weight excluding hydrogens is 462 g/mol. The Hall–Kier alpha value is -2.65. The van der Waals surface area contributed by atoms with Crippen molar-refractivity contribution in [2.24, 2.45) is 0 Å². The van der Waals surface area contributed by atoms with Crippen molar-refractivity contribution < 1.29 is 27.5 Å². The lowest BCUT2D eigenvalue weighted by Crippen LogP contribution is -2.23. The van der Waals surface area contributed by atoms with Gasteiger partial charge >= 0.3 is 11.9 Å². The number of para-hydroxylation sites is 1. The molecule has 3 rings (SSSR count). The maximum atomic E-state index is 13.5. The Kier molecular flexibility index (Phi) is 6.09. The fourth-order valence-corrected chi connectivity index (χ4v) is 5.24. The standard InChI is InChI=1S/C20H18BrNO6S/c1-13(23)27-20(28-14(2)24)19-17(12-21)16-10-6-7-11-18(16)22(19)29(25,26)15-8-4-3-5-9-15/h3-11,20H,12H2,1-2H3. The number of esters is 2. The largest absolute Gasteiger partial charge is 0.419 e. The van der Waals surface area contributed by atoms with E-state index in [0.717, 1.165) is 17.8 Å². The van der Waals surface area contributed by atoms with Crippen LogP contribution in [-0.2, 0) is 34.4 Å². The van der Waals surface area contributed by atoms with Crippen molar-refractivity contribution in [3.63, 3.8) is 0 Å². The summed E-state index contributed by atoms with van der Waals surface area (Å²) in [6, 6.07) is 14.7. The predicted octanol–water partition coefficient (Wildman–Crippen LogP) is 3.90. The van der Waals surface area contributed by atoms with Gasteiger partial charge in [0.25, 0.3) is 16.3 Å². The number of carbonyl (C=O) groups excluding carboxylic acids is 2. The molecule has 0 amide bonds. The summed E-state index contributed by atoms with van der Waals surface area (Å²) in [4.78, 5) is 23.4. The third-order valence-corrected chi connectivity index (χ3v) is 6.46. The van der Waals surface area contributed by atoms with Gasteiger partial charge in [0.15, 0.2) is 0 Å². The second kappa shape index (κ2) is 8.38. The molecule has 0 saturated carbocycles. The van der Waals surface area contributed by atoms with Crippen LogP contribution in [0.5, 0.6) is 0 Å². The monoisotopic (exact) mass is 479 g/mol. The number of halogens is 1. The number of hydrogen-bond donors (Lipinski definition) is 0. The SMILES string of the molecule is CC(=O)OC(OC(C)=O)c1c(CBr)c2ccccc2n1S(=O)(=O)c1ccccc1. The quantitative estimate of drug-likeness (QED) is 0.302. The molecular formula is C20H18BrNO6S. The van der Waals surface area contributed by atoms with Crippen LogP contribution in [0, 0.1) is 0 Å². The van der Waals surface area contributed by atoms with Crippen molar-refractivity contribution in [2.45, 2.75) is 30.4 Å². The summed E-state index contributed by atoms with van der Waals surface area (Å²) in [5.74, 6) is -1.43. The van der Waals surface area contributed by atoms with E-state index < -0.39 is 28.3 Å². The van der Waals surface area contributed by atoms with Crippen LogP contribution in [0.1, 0.15) is 31.4 Å². The van der Waals surface area contributed by atoms with Gasteiger partial charge in [-0.2, -0.15) is 0 Å². The minimum atomic E-state index is -4.09. The van der Waals surface area contributed by atoms with Crippen LogP contribution in [-0.4, -0.2) is 24.3 Å². The number of ether oxygens (including phenoxy) is 2. The van der Waals surface area contributed by atoms with Gasteiger partial charge in [0.2, 0.25) is 0 Å². The molecule has 0 fully saturated rings. The molecule has 0 aliphatic heterocycles. The van der Waals surface area contributed by atoms with Gasteiger partial charge < -0.3 is 9.47 Å². The number of carbonyl (C=O) groups is 2. The molecule has 152 valence electrons. The minimum Gasteiger partial charge on any atom is -0.419 e. The number of rotatable bonds is 6. The van der Waals surface area contributed by atoms with Gasteiger partial charge in [0.1, 0.15) is 5.69 Å². The van der Waals surface area contributed by atoms with Gasteiger partial charge in [0, 0.05) is 30.1 Å². The van der Waals surface area contributed by atoms with Crippen molar-refractivity contribution in [1.82, 2.24) is 3.97 Å². The zero-order valence-corrected chi connectivity index (χ0v) is 18.1. The first-order chi connectivity index (χ1) is 13.8. The summed E-state index contributed by atoms with van der Waals surface area (Å²) >= 11 is 3.38. The van der Waals surface area contributed by atoms with E-state index in [0.29, 0.717) is 16.5 Å². The van der Waals surface area contributed by atoms with Gasteiger partial charge in [-0.3, -0.25) is 9.59 Å². The minimum absolute atomic E-state index is 0.0486. The van der Waals surface area contributed by atoms with E-state index in [2.05, 4.69) is 15.9 Å².